The van der Waals surface area contributed by atoms with Crippen LogP contribution in [0.3, 0.4) is 0 Å². The highest BCUT2D eigenvalue weighted by atomic mass is 32.2. The van der Waals surface area contributed by atoms with E-state index in [4.69, 9.17) is 4.74 Å². The minimum atomic E-state index is -0.526. The Kier molecular flexibility index (Phi) is 7.70. The van der Waals surface area contributed by atoms with Crippen LogP contribution in [0.2, 0.25) is 0 Å². The van der Waals surface area contributed by atoms with Crippen LogP contribution in [0.15, 0.2) is 24.3 Å². The molecule has 2 saturated heterocycles. The largest absolute Gasteiger partial charge is 0.379 e. The van der Waals surface area contributed by atoms with Gasteiger partial charge in [0.05, 0.1) is 13.2 Å². The summed E-state index contributed by atoms with van der Waals surface area (Å²) >= 11 is 1.52. The molecule has 1 N–H and O–H groups in total. The summed E-state index contributed by atoms with van der Waals surface area (Å²) in [6, 6.07) is 5.76. The lowest BCUT2D eigenvalue weighted by Crippen LogP contribution is -2.49. The summed E-state index contributed by atoms with van der Waals surface area (Å²) in [4.78, 5) is 29.5. The quantitative estimate of drug-likeness (QED) is 0.747. The summed E-state index contributed by atoms with van der Waals surface area (Å²) in [6.45, 7) is 6.45. The van der Waals surface area contributed by atoms with E-state index >= 15 is 0 Å². The number of hydrogen-bond acceptors (Lipinski definition) is 5. The summed E-state index contributed by atoms with van der Waals surface area (Å²) in [6.07, 6.45) is 1.09. The van der Waals surface area contributed by atoms with E-state index < -0.39 is 6.04 Å². The van der Waals surface area contributed by atoms with Gasteiger partial charge < -0.3 is 15.0 Å². The van der Waals surface area contributed by atoms with Crippen LogP contribution < -0.4 is 5.32 Å². The summed E-state index contributed by atoms with van der Waals surface area (Å²) < 4.78 is 19.0. The minimum absolute atomic E-state index is 0.0601. The Bertz CT molecular complexity index is 684. The van der Waals surface area contributed by atoms with Crippen molar-refractivity contribution in [3.8, 4) is 0 Å². The van der Waals surface area contributed by atoms with Gasteiger partial charge in [-0.1, -0.05) is 19.1 Å². The molecule has 2 atom stereocenters. The van der Waals surface area contributed by atoms with E-state index in [0.717, 1.165) is 38.4 Å². The third-order valence-corrected chi connectivity index (χ3v) is 6.34. The van der Waals surface area contributed by atoms with Crippen LogP contribution >= 0.6 is 11.8 Å². The van der Waals surface area contributed by atoms with Crippen molar-refractivity contribution in [2.75, 3.05) is 45.1 Å². The van der Waals surface area contributed by atoms with Gasteiger partial charge in [0.1, 0.15) is 17.2 Å². The van der Waals surface area contributed by atoms with Crippen LogP contribution in [-0.2, 0) is 14.3 Å². The molecule has 0 aliphatic carbocycles. The number of morpholine rings is 1. The van der Waals surface area contributed by atoms with Crippen molar-refractivity contribution in [2.24, 2.45) is 0 Å². The number of carbonyl (C=O) groups excluding carboxylic acids is 2. The summed E-state index contributed by atoms with van der Waals surface area (Å²) in [5.41, 5.74) is 0.720. The topological polar surface area (TPSA) is 61.9 Å². The smallest absolute Gasteiger partial charge is 0.243 e. The third-order valence-electron chi connectivity index (χ3n) is 5.02. The van der Waals surface area contributed by atoms with Crippen LogP contribution in [0, 0.1) is 5.82 Å². The van der Waals surface area contributed by atoms with Gasteiger partial charge in [-0.2, -0.15) is 0 Å². The zero-order chi connectivity index (χ0) is 19.9. The Hall–Kier alpha value is -1.64. The number of carbonyl (C=O) groups is 2. The molecule has 0 saturated carbocycles. The van der Waals surface area contributed by atoms with Gasteiger partial charge in [0, 0.05) is 38.4 Å². The number of benzene rings is 1. The Balaban J connectivity index is 1.64. The number of ether oxygens (including phenoxy) is 1. The lowest BCUT2D eigenvalue weighted by Gasteiger charge is -2.30. The van der Waals surface area contributed by atoms with E-state index in [2.05, 4.69) is 10.2 Å². The van der Waals surface area contributed by atoms with Gasteiger partial charge in [0.15, 0.2) is 0 Å². The van der Waals surface area contributed by atoms with E-state index in [1.807, 2.05) is 13.0 Å². The maximum absolute atomic E-state index is 13.7. The van der Waals surface area contributed by atoms with Crippen molar-refractivity contribution in [3.05, 3.63) is 35.6 Å². The molecule has 28 heavy (non-hydrogen) atoms. The first-order valence-electron chi connectivity index (χ1n) is 9.86. The first kappa shape index (κ1) is 21.1. The lowest BCUT2D eigenvalue weighted by atomic mass is 10.1. The van der Waals surface area contributed by atoms with E-state index in [1.54, 1.807) is 11.0 Å². The van der Waals surface area contributed by atoms with Gasteiger partial charge in [-0.15, -0.1) is 11.8 Å². The Morgan fingerprint density at radius 3 is 2.82 bits per heavy atom. The van der Waals surface area contributed by atoms with Crippen molar-refractivity contribution in [1.82, 2.24) is 15.1 Å². The molecule has 0 radical (unpaired) electrons. The number of hydrogen-bond donors (Lipinski definition) is 1. The molecule has 1 aromatic rings. The normalized spacial score (nSPS) is 23.0. The van der Waals surface area contributed by atoms with Crippen molar-refractivity contribution >= 4 is 23.6 Å². The zero-order valence-corrected chi connectivity index (χ0v) is 17.0. The first-order chi connectivity index (χ1) is 13.6. The van der Waals surface area contributed by atoms with Gasteiger partial charge in [-0.3, -0.25) is 14.5 Å². The highest BCUT2D eigenvalue weighted by Crippen LogP contribution is 2.42. The maximum Gasteiger partial charge on any atom is 0.243 e. The first-order valence-corrected chi connectivity index (χ1v) is 10.9. The van der Waals surface area contributed by atoms with E-state index in [0.29, 0.717) is 25.1 Å². The molecule has 0 spiro atoms. The van der Waals surface area contributed by atoms with Crippen molar-refractivity contribution < 1.29 is 18.7 Å². The van der Waals surface area contributed by atoms with Gasteiger partial charge in [0.25, 0.3) is 0 Å². The average Bonchev–Trinajstić information content (AvgIpc) is 3.14. The highest BCUT2D eigenvalue weighted by Gasteiger charge is 2.41. The molecule has 1 aromatic carbocycles. The summed E-state index contributed by atoms with van der Waals surface area (Å²) in [7, 11) is 0. The molecule has 8 heteroatoms. The summed E-state index contributed by atoms with van der Waals surface area (Å²) in [5.74, 6) is -0.0152. The van der Waals surface area contributed by atoms with Crippen LogP contribution in [0.25, 0.3) is 0 Å². The second-order valence-corrected chi connectivity index (χ2v) is 8.17. The number of rotatable bonds is 7. The predicted molar refractivity (Wildman–Crippen MR) is 107 cm³/mol. The van der Waals surface area contributed by atoms with Crippen LogP contribution in [0.1, 0.15) is 30.7 Å². The molecule has 154 valence electrons. The highest BCUT2D eigenvalue weighted by molar-refractivity contribution is 7.99. The molecule has 2 fully saturated rings. The standard InChI is InChI=1S/C20H28FN3O3S/c1-2-4-18(25)24-17(14-28-20(24)15-5-3-6-16(21)13-15)19(26)22-7-8-23-9-11-27-12-10-23/h3,5-6,13,17,20H,2,4,7-12,14H2,1H3,(H,22,26). The van der Waals surface area contributed by atoms with Crippen molar-refractivity contribution in [3.63, 3.8) is 0 Å². The number of thioether (sulfide) groups is 1. The summed E-state index contributed by atoms with van der Waals surface area (Å²) in [5, 5.41) is 2.65. The molecule has 2 aliphatic rings. The molecule has 6 nitrogen and oxygen atoms in total. The van der Waals surface area contributed by atoms with Crippen molar-refractivity contribution in [2.45, 2.75) is 31.2 Å². The third kappa shape index (κ3) is 5.24. The van der Waals surface area contributed by atoms with Crippen LogP contribution in [-0.4, -0.2) is 72.8 Å². The molecular weight excluding hydrogens is 381 g/mol. The van der Waals surface area contributed by atoms with E-state index in [-0.39, 0.29) is 23.0 Å². The average molecular weight is 410 g/mol. The minimum Gasteiger partial charge on any atom is -0.379 e. The fourth-order valence-corrected chi connectivity index (χ4v) is 4.99. The second kappa shape index (κ2) is 10.2. The number of nitrogens with zero attached hydrogens (tertiary/aromatic N) is 2. The number of amides is 2. The van der Waals surface area contributed by atoms with Gasteiger partial charge in [-0.25, -0.2) is 4.39 Å². The van der Waals surface area contributed by atoms with Crippen LogP contribution in [0.5, 0.6) is 0 Å². The molecule has 0 bridgehead atoms. The molecule has 2 unspecified atom stereocenters. The van der Waals surface area contributed by atoms with Gasteiger partial charge in [0.2, 0.25) is 11.8 Å². The monoisotopic (exact) mass is 409 g/mol. The van der Waals surface area contributed by atoms with Crippen molar-refractivity contribution in [1.29, 1.82) is 0 Å². The second-order valence-electron chi connectivity index (χ2n) is 7.05. The Morgan fingerprint density at radius 1 is 1.32 bits per heavy atom. The SMILES string of the molecule is CCCC(=O)N1C(C(=O)NCCN2CCOCC2)CSC1c1cccc(F)c1. The fraction of sp³-hybridized carbons (Fsp3) is 0.600. The Labute approximate surface area is 169 Å². The Morgan fingerprint density at radius 2 is 2.11 bits per heavy atom. The molecule has 3 rings (SSSR count). The predicted octanol–water partition coefficient (Wildman–Crippen LogP) is 2.02. The molecular formula is C20H28FN3O3S. The molecule has 2 aliphatic heterocycles. The lowest BCUT2D eigenvalue weighted by molar-refractivity contribution is -0.139. The molecule has 2 heterocycles. The van der Waals surface area contributed by atoms with Crippen LogP contribution in [0.4, 0.5) is 4.39 Å². The molecule has 2 amide bonds. The van der Waals surface area contributed by atoms with Gasteiger partial charge in [-0.05, 0) is 24.1 Å². The zero-order valence-electron chi connectivity index (χ0n) is 16.2. The van der Waals surface area contributed by atoms with Gasteiger partial charge >= 0.3 is 0 Å². The number of halogens is 1. The maximum atomic E-state index is 13.7. The van der Waals surface area contributed by atoms with E-state index in [9.17, 15) is 14.0 Å². The number of nitrogens with one attached hydrogen (secondary N) is 1. The fourth-order valence-electron chi connectivity index (χ4n) is 3.55. The van der Waals surface area contributed by atoms with E-state index in [1.165, 1.54) is 23.9 Å². The molecule has 0 aromatic heterocycles.